The second-order valence-corrected chi connectivity index (χ2v) is 15.5. The van der Waals surface area contributed by atoms with Crippen LogP contribution in [0.3, 0.4) is 0 Å². The molecule has 3 aromatic rings. The van der Waals surface area contributed by atoms with E-state index in [4.69, 9.17) is 14.5 Å². The van der Waals surface area contributed by atoms with Gasteiger partial charge in [-0.2, -0.15) is 0 Å². The van der Waals surface area contributed by atoms with Crippen molar-refractivity contribution < 1.29 is 14.3 Å². The summed E-state index contributed by atoms with van der Waals surface area (Å²) in [4.78, 5) is 17.6. The van der Waals surface area contributed by atoms with Gasteiger partial charge < -0.3 is 0 Å². The van der Waals surface area contributed by atoms with E-state index in [9.17, 15) is 4.79 Å². The number of rotatable bonds is 6. The quantitative estimate of drug-likeness (QED) is 0.381. The van der Waals surface area contributed by atoms with Crippen molar-refractivity contribution >= 4 is 58.3 Å². The van der Waals surface area contributed by atoms with Gasteiger partial charge in [0.05, 0.1) is 0 Å². The van der Waals surface area contributed by atoms with Crippen molar-refractivity contribution in [3.8, 4) is 5.75 Å². The van der Waals surface area contributed by atoms with Crippen LogP contribution in [-0.4, -0.2) is 53.7 Å². The van der Waals surface area contributed by atoms with Crippen molar-refractivity contribution in [2.24, 2.45) is 0 Å². The first kappa shape index (κ1) is 20.9. The molecule has 146 valence electrons. The number of methoxy groups -OCH3 is 1. The van der Waals surface area contributed by atoms with Crippen molar-refractivity contribution in [3.63, 3.8) is 0 Å². The minimum absolute atomic E-state index is 0.320. The molecule has 3 rings (SSSR count). The van der Waals surface area contributed by atoms with Gasteiger partial charge in [0, 0.05) is 0 Å². The molecule has 0 N–H and O–H groups in total. The average Bonchev–Trinajstić information content (AvgIpc) is 2.67. The molecule has 0 aliphatic carbocycles. The first-order valence-electron chi connectivity index (χ1n) is 9.27. The third kappa shape index (κ3) is 4.40. The molecule has 2 aromatic carbocycles. The summed E-state index contributed by atoms with van der Waals surface area (Å²) in [5, 5.41) is 2.22. The van der Waals surface area contributed by atoms with Gasteiger partial charge in [-0.05, 0) is 0 Å². The maximum atomic E-state index is 12.8. The molecule has 0 aliphatic rings. The molecule has 0 radical (unpaired) electrons. The second kappa shape index (κ2) is 8.65. The Morgan fingerprint density at radius 3 is 2.43 bits per heavy atom. The predicted octanol–water partition coefficient (Wildman–Crippen LogP) is 2.62. The Kier molecular flexibility index (Phi) is 6.44. The van der Waals surface area contributed by atoms with Crippen LogP contribution in [0, 0.1) is 0 Å². The Bertz CT molecular complexity index is 1000. The van der Waals surface area contributed by atoms with Crippen molar-refractivity contribution in [1.82, 2.24) is 4.98 Å². The van der Waals surface area contributed by atoms with Crippen LogP contribution in [0.5, 0.6) is 5.75 Å². The van der Waals surface area contributed by atoms with Gasteiger partial charge >= 0.3 is 178 Å². The summed E-state index contributed by atoms with van der Waals surface area (Å²) in [5.41, 5.74) is 1.32. The van der Waals surface area contributed by atoms with Crippen molar-refractivity contribution in [2.45, 2.75) is 26.6 Å². The number of ether oxygens (including phenoxy) is 2. The number of nitrogens with zero attached hydrogens (tertiary/aromatic N) is 1. The van der Waals surface area contributed by atoms with Crippen LogP contribution in [0.2, 0.25) is 19.6 Å². The summed E-state index contributed by atoms with van der Waals surface area (Å²) < 4.78 is 13.5. The van der Waals surface area contributed by atoms with Crippen LogP contribution in [0.25, 0.3) is 10.9 Å². The fourth-order valence-corrected chi connectivity index (χ4v) is 10.6. The van der Waals surface area contributed by atoms with Crippen LogP contribution in [-0.2, 0) is 4.74 Å². The number of fused-ring (bicyclic) bond motifs is 1. The normalized spacial score (nSPS) is 11.5. The SMILES string of the molecule is CCOC(=O)c1nc2ccc(OC)cc2c([Te]c2ccccc2)c1[Si](C)(C)C. The maximum absolute atomic E-state index is 12.8. The van der Waals surface area contributed by atoms with E-state index >= 15 is 0 Å². The molecule has 28 heavy (non-hydrogen) atoms. The Hall–Kier alpha value is -1.87. The monoisotopic (exact) mass is 509 g/mol. The van der Waals surface area contributed by atoms with Gasteiger partial charge in [0.15, 0.2) is 0 Å². The van der Waals surface area contributed by atoms with Gasteiger partial charge in [-0.15, -0.1) is 0 Å². The first-order chi connectivity index (χ1) is 13.3. The summed E-state index contributed by atoms with van der Waals surface area (Å²) in [7, 11) is -0.209. The molecule has 0 saturated carbocycles. The van der Waals surface area contributed by atoms with E-state index in [1.807, 2.05) is 25.1 Å². The number of hydrogen-bond acceptors (Lipinski definition) is 4. The third-order valence-electron chi connectivity index (χ3n) is 4.33. The number of benzene rings is 2. The fourth-order valence-electron chi connectivity index (χ4n) is 3.10. The van der Waals surface area contributed by atoms with Crippen molar-refractivity contribution in [2.75, 3.05) is 13.7 Å². The summed E-state index contributed by atoms with van der Waals surface area (Å²) in [6.07, 6.45) is 0. The Labute approximate surface area is 177 Å². The third-order valence-corrected chi connectivity index (χ3v) is 10.1. The van der Waals surface area contributed by atoms with Crippen LogP contribution >= 0.6 is 0 Å². The zero-order chi connectivity index (χ0) is 20.3. The molecular formula is C22H25NO3SiTe. The van der Waals surface area contributed by atoms with E-state index in [0.717, 1.165) is 21.8 Å². The molecule has 6 heteroatoms. The van der Waals surface area contributed by atoms with Gasteiger partial charge in [-0.25, -0.2) is 0 Å². The van der Waals surface area contributed by atoms with Crippen molar-refractivity contribution in [3.05, 3.63) is 54.2 Å². The number of esters is 1. The molecule has 1 aromatic heterocycles. The molecule has 0 spiro atoms. The number of pyridine rings is 1. The molecule has 0 fully saturated rings. The zero-order valence-corrected chi connectivity index (χ0v) is 20.2. The van der Waals surface area contributed by atoms with Gasteiger partial charge in [0.2, 0.25) is 0 Å². The molecule has 0 bridgehead atoms. The fraction of sp³-hybridized carbons (Fsp3) is 0.273. The zero-order valence-electron chi connectivity index (χ0n) is 16.9. The molecule has 0 unspecified atom stereocenters. The Morgan fingerprint density at radius 2 is 1.82 bits per heavy atom. The molecular weight excluding hydrogens is 482 g/mol. The molecule has 0 amide bonds. The minimum atomic E-state index is -1.88. The number of aromatic nitrogens is 1. The molecule has 0 atom stereocenters. The predicted molar refractivity (Wildman–Crippen MR) is 119 cm³/mol. The standard InChI is InChI=1S/C22H25NO3SiTe/c1-6-26-22(24)19-20(27(3,4)5)21(28-16-10-8-7-9-11-16)17-14-15(25-2)12-13-18(17)23-19/h7-14H,6H2,1-5H3. The van der Waals surface area contributed by atoms with E-state index < -0.39 is 29.0 Å². The average molecular weight is 507 g/mol. The van der Waals surface area contributed by atoms with Crippen LogP contribution < -0.4 is 17.1 Å². The first-order valence-corrected chi connectivity index (χ1v) is 15.1. The van der Waals surface area contributed by atoms with Gasteiger partial charge in [-0.1, -0.05) is 0 Å². The summed E-state index contributed by atoms with van der Waals surface area (Å²) >= 11 is -0.724. The van der Waals surface area contributed by atoms with E-state index in [1.165, 1.54) is 7.22 Å². The van der Waals surface area contributed by atoms with Crippen LogP contribution in [0.15, 0.2) is 48.5 Å². The molecule has 0 saturated heterocycles. The number of hydrogen-bond donors (Lipinski definition) is 0. The number of carbonyl (C=O) groups is 1. The van der Waals surface area contributed by atoms with E-state index in [2.05, 4.69) is 50.0 Å². The number of carbonyl (C=O) groups excluding carboxylic acids is 1. The van der Waals surface area contributed by atoms with Gasteiger partial charge in [0.1, 0.15) is 0 Å². The van der Waals surface area contributed by atoms with Crippen LogP contribution in [0.4, 0.5) is 0 Å². The van der Waals surface area contributed by atoms with Crippen molar-refractivity contribution in [1.29, 1.82) is 0 Å². The van der Waals surface area contributed by atoms with E-state index in [0.29, 0.717) is 12.3 Å². The van der Waals surface area contributed by atoms with E-state index in [-0.39, 0.29) is 5.97 Å². The topological polar surface area (TPSA) is 48.4 Å². The Balaban J connectivity index is 2.36. The Morgan fingerprint density at radius 1 is 1.11 bits per heavy atom. The molecule has 1 heterocycles. The van der Waals surface area contributed by atoms with Crippen LogP contribution in [0.1, 0.15) is 17.4 Å². The second-order valence-electron chi connectivity index (χ2n) is 7.43. The summed E-state index contributed by atoms with van der Waals surface area (Å²) in [5.74, 6) is 0.487. The van der Waals surface area contributed by atoms with E-state index in [1.54, 1.807) is 7.11 Å². The van der Waals surface area contributed by atoms with Gasteiger partial charge in [-0.3, -0.25) is 0 Å². The molecule has 4 nitrogen and oxygen atoms in total. The molecule has 0 aliphatic heterocycles. The van der Waals surface area contributed by atoms with Gasteiger partial charge in [0.25, 0.3) is 0 Å². The summed E-state index contributed by atoms with van der Waals surface area (Å²) in [6, 6.07) is 16.4. The summed E-state index contributed by atoms with van der Waals surface area (Å²) in [6.45, 7) is 8.97.